The van der Waals surface area contributed by atoms with Gasteiger partial charge in [0, 0.05) is 24.3 Å². The van der Waals surface area contributed by atoms with Crippen LogP contribution in [0.4, 0.5) is 17.2 Å². The molecule has 0 radical (unpaired) electrons. The van der Waals surface area contributed by atoms with Gasteiger partial charge in [-0.25, -0.2) is 4.98 Å². The van der Waals surface area contributed by atoms with Crippen LogP contribution in [-0.2, 0) is 0 Å². The van der Waals surface area contributed by atoms with Crippen molar-refractivity contribution in [1.29, 1.82) is 0 Å². The molecule has 7 nitrogen and oxygen atoms in total. The highest BCUT2D eigenvalue weighted by Gasteiger charge is 2.33. The Morgan fingerprint density at radius 2 is 2.15 bits per heavy atom. The summed E-state index contributed by atoms with van der Waals surface area (Å²) in [5.74, 6) is 0.938. The number of pyridine rings is 1. The zero-order valence-corrected chi connectivity index (χ0v) is 15.4. The molecule has 0 saturated heterocycles. The molecule has 0 fully saturated rings. The number of anilines is 2. The Labute approximate surface area is 152 Å². The molecule has 1 atom stereocenters. The summed E-state index contributed by atoms with van der Waals surface area (Å²) in [6.45, 7) is 6.79. The SMILES string of the molecule is CC1CC(C)(C)N(C)c2ccc(/C=N/Nc3ccc([N+](=O)[O-])cn3)cc21. The average molecular weight is 353 g/mol. The first kappa shape index (κ1) is 17.8. The first-order valence-corrected chi connectivity index (χ1v) is 8.55. The van der Waals surface area contributed by atoms with Crippen molar-refractivity contribution in [3.63, 3.8) is 0 Å². The summed E-state index contributed by atoms with van der Waals surface area (Å²) in [4.78, 5) is 16.5. The van der Waals surface area contributed by atoms with Crippen LogP contribution in [-0.4, -0.2) is 28.7 Å². The van der Waals surface area contributed by atoms with E-state index in [0.29, 0.717) is 11.7 Å². The number of benzene rings is 1. The van der Waals surface area contributed by atoms with E-state index in [-0.39, 0.29) is 11.2 Å². The fraction of sp³-hybridized carbons (Fsp3) is 0.368. The number of hydrazone groups is 1. The van der Waals surface area contributed by atoms with Crippen LogP contribution in [0, 0.1) is 10.1 Å². The highest BCUT2D eigenvalue weighted by atomic mass is 16.6. The molecule has 2 aromatic rings. The van der Waals surface area contributed by atoms with Gasteiger partial charge in [-0.15, -0.1) is 0 Å². The van der Waals surface area contributed by atoms with Gasteiger partial charge in [-0.05, 0) is 55.5 Å². The van der Waals surface area contributed by atoms with Gasteiger partial charge in [-0.1, -0.05) is 13.0 Å². The first-order valence-electron chi connectivity index (χ1n) is 8.55. The van der Waals surface area contributed by atoms with Crippen LogP contribution in [0.5, 0.6) is 0 Å². The van der Waals surface area contributed by atoms with Crippen molar-refractivity contribution in [1.82, 2.24) is 4.98 Å². The third-order valence-corrected chi connectivity index (χ3v) is 5.01. The summed E-state index contributed by atoms with van der Waals surface area (Å²) in [5, 5.41) is 14.8. The van der Waals surface area contributed by atoms with Crippen molar-refractivity contribution in [2.75, 3.05) is 17.4 Å². The highest BCUT2D eigenvalue weighted by molar-refractivity contribution is 5.82. The van der Waals surface area contributed by atoms with Crippen LogP contribution in [0.1, 0.15) is 44.2 Å². The van der Waals surface area contributed by atoms with Gasteiger partial charge in [0.15, 0.2) is 0 Å². The lowest BCUT2D eigenvalue weighted by Crippen LogP contribution is -2.45. The molecule has 1 aromatic carbocycles. The van der Waals surface area contributed by atoms with Crippen molar-refractivity contribution in [3.05, 3.63) is 57.8 Å². The molecule has 2 heterocycles. The summed E-state index contributed by atoms with van der Waals surface area (Å²) in [6.07, 6.45) is 4.04. The summed E-state index contributed by atoms with van der Waals surface area (Å²) in [6, 6.07) is 9.26. The van der Waals surface area contributed by atoms with Gasteiger partial charge in [0.1, 0.15) is 12.0 Å². The zero-order valence-electron chi connectivity index (χ0n) is 15.4. The van der Waals surface area contributed by atoms with E-state index in [1.807, 2.05) is 6.07 Å². The maximum atomic E-state index is 10.6. The lowest BCUT2D eigenvalue weighted by molar-refractivity contribution is -0.385. The second kappa shape index (κ2) is 6.74. The summed E-state index contributed by atoms with van der Waals surface area (Å²) in [5.41, 5.74) is 6.48. The number of nitrogens with one attached hydrogen (secondary N) is 1. The van der Waals surface area contributed by atoms with Gasteiger partial charge in [0.25, 0.3) is 5.69 Å². The van der Waals surface area contributed by atoms with E-state index in [4.69, 9.17) is 0 Å². The third kappa shape index (κ3) is 3.51. The van der Waals surface area contributed by atoms with Gasteiger partial charge in [-0.3, -0.25) is 15.5 Å². The van der Waals surface area contributed by atoms with Gasteiger partial charge < -0.3 is 4.90 Å². The van der Waals surface area contributed by atoms with Crippen LogP contribution in [0.25, 0.3) is 0 Å². The number of hydrogen-bond acceptors (Lipinski definition) is 6. The van der Waals surface area contributed by atoms with Crippen molar-refractivity contribution in [2.45, 2.75) is 38.6 Å². The van der Waals surface area contributed by atoms with E-state index in [9.17, 15) is 10.1 Å². The van der Waals surface area contributed by atoms with E-state index in [1.165, 1.54) is 29.6 Å². The van der Waals surface area contributed by atoms with Gasteiger partial charge >= 0.3 is 0 Å². The smallest absolute Gasteiger partial charge is 0.287 e. The molecule has 1 N–H and O–H groups in total. The number of nitro groups is 1. The van der Waals surface area contributed by atoms with Gasteiger partial charge in [-0.2, -0.15) is 5.10 Å². The van der Waals surface area contributed by atoms with Crippen molar-refractivity contribution in [2.24, 2.45) is 5.10 Å². The normalized spacial score (nSPS) is 18.6. The molecule has 1 aliphatic heterocycles. The molecule has 0 spiro atoms. The summed E-state index contributed by atoms with van der Waals surface area (Å²) in [7, 11) is 2.14. The summed E-state index contributed by atoms with van der Waals surface area (Å²) >= 11 is 0. The van der Waals surface area contributed by atoms with Crippen LogP contribution in [0.3, 0.4) is 0 Å². The molecule has 0 saturated carbocycles. The van der Waals surface area contributed by atoms with E-state index in [2.05, 4.69) is 60.4 Å². The number of rotatable bonds is 4. The third-order valence-electron chi connectivity index (χ3n) is 5.01. The molecular formula is C19H23N5O2. The van der Waals surface area contributed by atoms with Crippen LogP contribution < -0.4 is 10.3 Å². The maximum Gasteiger partial charge on any atom is 0.287 e. The molecule has 3 rings (SSSR count). The Bertz CT molecular complexity index is 846. The van der Waals surface area contributed by atoms with Crippen molar-refractivity contribution >= 4 is 23.4 Å². The number of fused-ring (bicyclic) bond motifs is 1. The Balaban J connectivity index is 1.74. The Morgan fingerprint density at radius 1 is 1.38 bits per heavy atom. The minimum atomic E-state index is -0.480. The predicted octanol–water partition coefficient (Wildman–Crippen LogP) is 4.16. The Morgan fingerprint density at radius 3 is 2.81 bits per heavy atom. The Kier molecular flexibility index (Phi) is 4.63. The lowest BCUT2D eigenvalue weighted by atomic mass is 9.80. The molecular weight excluding hydrogens is 330 g/mol. The fourth-order valence-corrected chi connectivity index (χ4v) is 3.41. The largest absolute Gasteiger partial charge is 0.369 e. The summed E-state index contributed by atoms with van der Waals surface area (Å²) < 4.78 is 0. The van der Waals surface area contributed by atoms with E-state index in [0.717, 1.165) is 12.0 Å². The molecule has 0 aliphatic carbocycles. The standard InChI is InChI=1S/C19H23N5O2/c1-13-10-19(2,3)23(4)17-7-5-14(9-16(13)17)11-21-22-18-8-6-15(12-20-18)24(25)26/h5-9,11-13H,10H2,1-4H3,(H,20,22)/b21-11+. The predicted molar refractivity (Wildman–Crippen MR) is 104 cm³/mol. The Hall–Kier alpha value is -2.96. The monoisotopic (exact) mass is 353 g/mol. The van der Waals surface area contributed by atoms with Crippen molar-refractivity contribution < 1.29 is 4.92 Å². The average Bonchev–Trinajstić information content (AvgIpc) is 2.60. The molecule has 0 bridgehead atoms. The molecule has 26 heavy (non-hydrogen) atoms. The quantitative estimate of drug-likeness (QED) is 0.507. The maximum absolute atomic E-state index is 10.6. The minimum Gasteiger partial charge on any atom is -0.369 e. The minimum absolute atomic E-state index is 0.0461. The van der Waals surface area contributed by atoms with Gasteiger partial charge in [0.05, 0.1) is 11.1 Å². The molecule has 0 amide bonds. The van der Waals surface area contributed by atoms with Crippen molar-refractivity contribution in [3.8, 4) is 0 Å². The van der Waals surface area contributed by atoms with E-state index in [1.54, 1.807) is 6.21 Å². The second-order valence-corrected chi connectivity index (χ2v) is 7.32. The number of nitrogens with zero attached hydrogens (tertiary/aromatic N) is 4. The van der Waals surface area contributed by atoms with Gasteiger partial charge in [0.2, 0.25) is 0 Å². The molecule has 1 aromatic heterocycles. The zero-order chi connectivity index (χ0) is 18.9. The molecule has 1 unspecified atom stereocenters. The van der Waals surface area contributed by atoms with Crippen LogP contribution >= 0.6 is 0 Å². The van der Waals surface area contributed by atoms with E-state index >= 15 is 0 Å². The molecule has 7 heteroatoms. The van der Waals surface area contributed by atoms with Crippen LogP contribution in [0.15, 0.2) is 41.6 Å². The number of hydrogen-bond donors (Lipinski definition) is 1. The molecule has 136 valence electrons. The lowest BCUT2D eigenvalue weighted by Gasteiger charge is -2.45. The number of aromatic nitrogens is 1. The van der Waals surface area contributed by atoms with E-state index < -0.39 is 4.92 Å². The topological polar surface area (TPSA) is 83.7 Å². The second-order valence-electron chi connectivity index (χ2n) is 7.32. The fourth-order valence-electron chi connectivity index (χ4n) is 3.41. The molecule has 1 aliphatic rings. The van der Waals surface area contributed by atoms with Crippen LogP contribution in [0.2, 0.25) is 0 Å². The highest BCUT2D eigenvalue weighted by Crippen LogP contribution is 2.42. The first-order chi connectivity index (χ1) is 12.3.